The van der Waals surface area contributed by atoms with Crippen LogP contribution in [-0.4, -0.2) is 27.9 Å². The number of thiophene rings is 1. The largest absolute Gasteiger partial charge is 0.465 e. The van der Waals surface area contributed by atoms with E-state index in [1.54, 1.807) is 36.6 Å². The van der Waals surface area contributed by atoms with Gasteiger partial charge in [-0.3, -0.25) is 14.2 Å². The van der Waals surface area contributed by atoms with Crippen LogP contribution < -0.4 is 5.56 Å². The number of ether oxygens (including phenoxy) is 1. The Labute approximate surface area is 161 Å². The molecule has 0 aliphatic rings. The van der Waals surface area contributed by atoms with E-state index in [4.69, 9.17) is 27.9 Å². The maximum Gasteiger partial charge on any atom is 0.316 e. The molecule has 0 bridgehead atoms. The van der Waals surface area contributed by atoms with Crippen molar-refractivity contribution in [2.24, 2.45) is 0 Å². The van der Waals surface area contributed by atoms with Crippen LogP contribution in [0.15, 0.2) is 39.6 Å². The molecule has 1 aromatic carbocycles. The fraction of sp³-hybridized carbons (Fsp3) is 0.188. The highest BCUT2D eigenvalue weighted by atomic mass is 35.5. The van der Waals surface area contributed by atoms with Gasteiger partial charge in [0.25, 0.3) is 5.56 Å². The zero-order valence-corrected chi connectivity index (χ0v) is 16.1. The number of halogens is 2. The Morgan fingerprint density at radius 3 is 2.92 bits per heavy atom. The quantitative estimate of drug-likeness (QED) is 0.351. The van der Waals surface area contributed by atoms with E-state index in [9.17, 15) is 9.59 Å². The van der Waals surface area contributed by atoms with Gasteiger partial charge in [0.2, 0.25) is 0 Å². The first-order chi connectivity index (χ1) is 12.0. The van der Waals surface area contributed by atoms with Crippen molar-refractivity contribution in [2.75, 3.05) is 12.4 Å². The van der Waals surface area contributed by atoms with E-state index in [1.807, 2.05) is 0 Å². The van der Waals surface area contributed by atoms with Gasteiger partial charge in [0.05, 0.1) is 33.6 Å². The molecule has 25 heavy (non-hydrogen) atoms. The van der Waals surface area contributed by atoms with Crippen LogP contribution in [0.5, 0.6) is 0 Å². The van der Waals surface area contributed by atoms with Gasteiger partial charge in [0.15, 0.2) is 5.16 Å². The van der Waals surface area contributed by atoms with Crippen LogP contribution in [0.3, 0.4) is 0 Å². The van der Waals surface area contributed by atoms with Crippen molar-refractivity contribution in [2.45, 2.75) is 12.1 Å². The molecule has 9 heteroatoms. The van der Waals surface area contributed by atoms with Gasteiger partial charge in [-0.15, -0.1) is 11.3 Å². The second kappa shape index (κ2) is 7.78. The third-order valence-corrected chi connectivity index (χ3v) is 5.86. The highest BCUT2D eigenvalue weighted by molar-refractivity contribution is 7.99. The molecule has 3 rings (SSSR count). The number of carbonyl (C=O) groups is 1. The molecular weight excluding hydrogens is 403 g/mol. The van der Waals surface area contributed by atoms with Crippen molar-refractivity contribution in [3.63, 3.8) is 0 Å². The number of fused-ring (bicyclic) bond motifs is 1. The molecule has 3 aromatic rings. The zero-order chi connectivity index (χ0) is 18.0. The molecule has 0 N–H and O–H groups in total. The summed E-state index contributed by atoms with van der Waals surface area (Å²) in [6.45, 7) is 2.03. The second-order valence-electron chi connectivity index (χ2n) is 4.84. The number of thioether (sulfide) groups is 1. The zero-order valence-electron chi connectivity index (χ0n) is 13.0. The SMILES string of the molecule is CCOC(=O)CSc1nc2ccsc2c(=O)n1-c1cccc(Cl)c1Cl. The van der Waals surface area contributed by atoms with Crippen molar-refractivity contribution in [1.29, 1.82) is 0 Å². The van der Waals surface area contributed by atoms with Gasteiger partial charge in [0, 0.05) is 0 Å². The van der Waals surface area contributed by atoms with E-state index >= 15 is 0 Å². The van der Waals surface area contributed by atoms with E-state index in [-0.39, 0.29) is 22.3 Å². The molecule has 0 saturated heterocycles. The van der Waals surface area contributed by atoms with Gasteiger partial charge in [-0.2, -0.15) is 0 Å². The fourth-order valence-corrected chi connectivity index (χ4v) is 4.14. The lowest BCUT2D eigenvalue weighted by Gasteiger charge is -2.13. The Morgan fingerprint density at radius 1 is 1.36 bits per heavy atom. The number of esters is 1. The molecule has 130 valence electrons. The molecule has 2 aromatic heterocycles. The van der Waals surface area contributed by atoms with E-state index < -0.39 is 0 Å². The number of hydrogen-bond acceptors (Lipinski definition) is 6. The number of nitrogens with zero attached hydrogens (tertiary/aromatic N) is 2. The molecule has 0 fully saturated rings. The molecule has 0 saturated carbocycles. The average Bonchev–Trinajstić information content (AvgIpc) is 3.05. The molecule has 0 spiro atoms. The molecule has 0 radical (unpaired) electrons. The van der Waals surface area contributed by atoms with Gasteiger partial charge in [-0.05, 0) is 30.5 Å². The minimum atomic E-state index is -0.379. The Balaban J connectivity index is 2.16. The molecule has 0 atom stereocenters. The first-order valence-corrected chi connectivity index (χ1v) is 9.88. The normalized spacial score (nSPS) is 11.0. The molecule has 0 amide bonds. The Hall–Kier alpha value is -1.54. The van der Waals surface area contributed by atoms with Crippen LogP contribution in [0.4, 0.5) is 0 Å². The van der Waals surface area contributed by atoms with Gasteiger partial charge in [-0.1, -0.05) is 41.0 Å². The lowest BCUT2D eigenvalue weighted by molar-refractivity contribution is -0.139. The maximum atomic E-state index is 12.9. The topological polar surface area (TPSA) is 61.2 Å². The lowest BCUT2D eigenvalue weighted by atomic mass is 10.3. The van der Waals surface area contributed by atoms with E-state index in [1.165, 1.54) is 15.9 Å². The highest BCUT2D eigenvalue weighted by Gasteiger charge is 2.18. The summed E-state index contributed by atoms with van der Waals surface area (Å²) in [7, 11) is 0. The van der Waals surface area contributed by atoms with E-state index in [0.29, 0.717) is 32.7 Å². The van der Waals surface area contributed by atoms with E-state index in [0.717, 1.165) is 11.8 Å². The monoisotopic (exact) mass is 414 g/mol. The average molecular weight is 415 g/mol. The van der Waals surface area contributed by atoms with Crippen molar-refractivity contribution in [3.8, 4) is 5.69 Å². The molecule has 0 unspecified atom stereocenters. The van der Waals surface area contributed by atoms with Crippen LogP contribution in [0.1, 0.15) is 6.92 Å². The van der Waals surface area contributed by atoms with Crippen LogP contribution in [-0.2, 0) is 9.53 Å². The summed E-state index contributed by atoms with van der Waals surface area (Å²) in [5.74, 6) is -0.343. The van der Waals surface area contributed by atoms with Crippen molar-refractivity contribution in [1.82, 2.24) is 9.55 Å². The Bertz CT molecular complexity index is 1000. The van der Waals surface area contributed by atoms with Crippen molar-refractivity contribution in [3.05, 3.63) is 50.0 Å². The van der Waals surface area contributed by atoms with Gasteiger partial charge in [-0.25, -0.2) is 4.98 Å². The summed E-state index contributed by atoms with van der Waals surface area (Å²) >= 11 is 14.8. The molecule has 5 nitrogen and oxygen atoms in total. The maximum absolute atomic E-state index is 12.9. The predicted molar refractivity (Wildman–Crippen MR) is 103 cm³/mol. The van der Waals surface area contributed by atoms with Crippen LogP contribution in [0.2, 0.25) is 10.0 Å². The summed E-state index contributed by atoms with van der Waals surface area (Å²) in [4.78, 5) is 29.1. The van der Waals surface area contributed by atoms with Crippen LogP contribution in [0.25, 0.3) is 15.9 Å². The third kappa shape index (κ3) is 3.69. The van der Waals surface area contributed by atoms with Crippen molar-refractivity contribution < 1.29 is 9.53 Å². The highest BCUT2D eigenvalue weighted by Crippen LogP contribution is 2.31. The fourth-order valence-electron chi connectivity index (χ4n) is 2.19. The van der Waals surface area contributed by atoms with Gasteiger partial charge < -0.3 is 4.74 Å². The minimum absolute atomic E-state index is 0.0358. The number of carbonyl (C=O) groups excluding carboxylic acids is 1. The molecular formula is C16H12Cl2N2O3S2. The minimum Gasteiger partial charge on any atom is -0.465 e. The molecule has 2 heterocycles. The summed E-state index contributed by atoms with van der Waals surface area (Å²) in [5, 5.41) is 2.73. The van der Waals surface area contributed by atoms with Crippen LogP contribution in [0, 0.1) is 0 Å². The van der Waals surface area contributed by atoms with Gasteiger partial charge in [0.1, 0.15) is 4.70 Å². The van der Waals surface area contributed by atoms with Crippen LogP contribution >= 0.6 is 46.3 Å². The third-order valence-electron chi connectivity index (χ3n) is 3.25. The predicted octanol–water partition coefficient (Wildman–Crippen LogP) is 4.41. The summed E-state index contributed by atoms with van der Waals surface area (Å²) in [5.41, 5.74) is 0.750. The van der Waals surface area contributed by atoms with Gasteiger partial charge >= 0.3 is 5.97 Å². The standard InChI is InChI=1S/C16H12Cl2N2O3S2/c1-2-23-12(21)8-25-16-19-10-6-7-24-14(10)15(22)20(16)11-5-3-4-9(17)13(11)18/h3-7H,2,8H2,1H3. The Morgan fingerprint density at radius 2 is 2.16 bits per heavy atom. The summed E-state index contributed by atoms with van der Waals surface area (Å²) < 4.78 is 6.83. The lowest BCUT2D eigenvalue weighted by Crippen LogP contribution is -2.22. The molecule has 0 aliphatic heterocycles. The van der Waals surface area contributed by atoms with Crippen molar-refractivity contribution >= 4 is 62.5 Å². The first-order valence-electron chi connectivity index (χ1n) is 7.26. The number of benzene rings is 1. The summed E-state index contributed by atoms with van der Waals surface area (Å²) in [6, 6.07) is 6.79. The second-order valence-corrected chi connectivity index (χ2v) is 7.48. The van der Waals surface area contributed by atoms with E-state index in [2.05, 4.69) is 4.98 Å². The Kier molecular flexibility index (Phi) is 5.68. The first kappa shape index (κ1) is 18.3. The number of rotatable bonds is 5. The summed E-state index contributed by atoms with van der Waals surface area (Å²) in [6.07, 6.45) is 0. The smallest absolute Gasteiger partial charge is 0.316 e. The number of aromatic nitrogens is 2. The molecule has 0 aliphatic carbocycles. The number of hydrogen-bond donors (Lipinski definition) is 0.